The van der Waals surface area contributed by atoms with Gasteiger partial charge in [0.1, 0.15) is 16.9 Å². The van der Waals surface area contributed by atoms with Crippen molar-refractivity contribution in [1.29, 1.82) is 5.41 Å². The number of allylic oxidation sites excluding steroid dienone is 1. The van der Waals surface area contributed by atoms with Gasteiger partial charge in [-0.3, -0.25) is 0 Å². The number of ether oxygens (including phenoxy) is 1. The number of carbonyl (C=O) groups is 1. The van der Waals surface area contributed by atoms with Crippen molar-refractivity contribution in [2.24, 2.45) is 0 Å². The van der Waals surface area contributed by atoms with Gasteiger partial charge in [0.2, 0.25) is 0 Å². The molecule has 0 radical (unpaired) electrons. The topological polar surface area (TPSA) is 70.4 Å². The molecule has 12 heavy (non-hydrogen) atoms. The lowest BCUT2D eigenvalue weighted by atomic mass is 9.99. The summed E-state index contributed by atoms with van der Waals surface area (Å²) in [7, 11) is 0. The van der Waals surface area contributed by atoms with Crippen LogP contribution in [0, 0.1) is 5.41 Å². The molecule has 4 heteroatoms. The third-order valence-corrected chi connectivity index (χ3v) is 1.77. The standard InChI is InChI=1S/C8H11NO3/c1-4(10)5-6(9)8(2,3)12-7(5)11/h9-10H,1-3H3/b5-4+,9-6?. The molecule has 0 bridgehead atoms. The second-order valence-electron chi connectivity index (χ2n) is 3.24. The molecule has 1 aliphatic heterocycles. The number of aliphatic hydroxyl groups excluding tert-OH is 1. The van der Waals surface area contributed by atoms with Crippen LogP contribution in [-0.4, -0.2) is 22.4 Å². The van der Waals surface area contributed by atoms with E-state index >= 15 is 0 Å². The van der Waals surface area contributed by atoms with E-state index in [1.165, 1.54) is 6.92 Å². The van der Waals surface area contributed by atoms with Crippen LogP contribution in [0.25, 0.3) is 0 Å². The van der Waals surface area contributed by atoms with Crippen LogP contribution in [0.2, 0.25) is 0 Å². The molecule has 0 aromatic carbocycles. The lowest BCUT2D eigenvalue weighted by molar-refractivity contribution is -0.142. The highest BCUT2D eigenvalue weighted by atomic mass is 16.6. The van der Waals surface area contributed by atoms with Crippen LogP contribution < -0.4 is 0 Å². The molecule has 0 aromatic rings. The molecule has 0 atom stereocenters. The molecule has 4 nitrogen and oxygen atoms in total. The second kappa shape index (κ2) is 2.33. The highest BCUT2D eigenvalue weighted by Crippen LogP contribution is 2.27. The summed E-state index contributed by atoms with van der Waals surface area (Å²) in [6.45, 7) is 4.60. The Kier molecular flexibility index (Phi) is 1.71. The minimum atomic E-state index is -0.906. The van der Waals surface area contributed by atoms with Gasteiger partial charge in [0, 0.05) is 0 Å². The molecule has 0 aromatic heterocycles. The van der Waals surface area contributed by atoms with Gasteiger partial charge in [0.25, 0.3) is 0 Å². The smallest absolute Gasteiger partial charge is 0.344 e. The summed E-state index contributed by atoms with van der Waals surface area (Å²) in [6.07, 6.45) is 0. The largest absolute Gasteiger partial charge is 0.512 e. The molecule has 66 valence electrons. The SMILES string of the molecule is C/C(O)=C1/C(=N)C(C)(C)OC1=O. The van der Waals surface area contributed by atoms with Gasteiger partial charge in [-0.15, -0.1) is 0 Å². The third kappa shape index (κ3) is 1.09. The molecule has 0 aliphatic carbocycles. The van der Waals surface area contributed by atoms with Crippen LogP contribution in [0.1, 0.15) is 20.8 Å². The lowest BCUT2D eigenvalue weighted by Crippen LogP contribution is -2.27. The van der Waals surface area contributed by atoms with Gasteiger partial charge < -0.3 is 15.3 Å². The Morgan fingerprint density at radius 3 is 2.25 bits per heavy atom. The number of hydrogen-bond acceptors (Lipinski definition) is 4. The Hall–Kier alpha value is -1.32. The number of carbonyl (C=O) groups excluding carboxylic acids is 1. The van der Waals surface area contributed by atoms with E-state index in [9.17, 15) is 4.79 Å². The molecular weight excluding hydrogens is 158 g/mol. The van der Waals surface area contributed by atoms with Crippen molar-refractivity contribution in [3.63, 3.8) is 0 Å². The summed E-state index contributed by atoms with van der Waals surface area (Å²) in [4.78, 5) is 11.1. The average molecular weight is 169 g/mol. The van der Waals surface area contributed by atoms with E-state index in [2.05, 4.69) is 0 Å². The van der Waals surface area contributed by atoms with Crippen molar-refractivity contribution in [2.45, 2.75) is 26.4 Å². The van der Waals surface area contributed by atoms with Gasteiger partial charge in [0.15, 0.2) is 0 Å². The summed E-state index contributed by atoms with van der Waals surface area (Å²) in [6, 6.07) is 0. The Morgan fingerprint density at radius 2 is 2.08 bits per heavy atom. The first-order valence-corrected chi connectivity index (χ1v) is 3.59. The Morgan fingerprint density at radius 1 is 1.58 bits per heavy atom. The van der Waals surface area contributed by atoms with Crippen LogP contribution >= 0.6 is 0 Å². The molecule has 0 spiro atoms. The van der Waals surface area contributed by atoms with Crippen molar-refractivity contribution >= 4 is 11.7 Å². The summed E-state index contributed by atoms with van der Waals surface area (Å²) < 4.78 is 4.85. The molecule has 1 heterocycles. The average Bonchev–Trinajstić information content (AvgIpc) is 2.02. The molecule has 2 N–H and O–H groups in total. The predicted molar refractivity (Wildman–Crippen MR) is 43.2 cm³/mol. The quantitative estimate of drug-likeness (QED) is 0.325. The van der Waals surface area contributed by atoms with Crippen LogP contribution in [-0.2, 0) is 9.53 Å². The van der Waals surface area contributed by atoms with E-state index in [4.69, 9.17) is 15.3 Å². The number of aliphatic hydroxyl groups is 1. The van der Waals surface area contributed by atoms with Gasteiger partial charge in [-0.2, -0.15) is 0 Å². The maximum atomic E-state index is 11.1. The second-order valence-corrected chi connectivity index (χ2v) is 3.24. The predicted octanol–water partition coefficient (Wildman–Crippen LogP) is 1.17. The van der Waals surface area contributed by atoms with Crippen LogP contribution in [0.5, 0.6) is 0 Å². The number of cyclic esters (lactones) is 1. The highest BCUT2D eigenvalue weighted by Gasteiger charge is 2.43. The zero-order valence-electron chi connectivity index (χ0n) is 7.26. The Bertz CT molecular complexity index is 285. The number of rotatable bonds is 0. The first-order valence-electron chi connectivity index (χ1n) is 3.59. The molecule has 1 saturated heterocycles. The number of hydrogen-bond donors (Lipinski definition) is 2. The van der Waals surface area contributed by atoms with E-state index < -0.39 is 11.6 Å². The minimum Gasteiger partial charge on any atom is -0.512 e. The fourth-order valence-electron chi connectivity index (χ4n) is 1.07. The molecular formula is C8H11NO3. The zero-order chi connectivity index (χ0) is 9.52. The normalized spacial score (nSPS) is 25.6. The molecule has 0 amide bonds. The number of esters is 1. The van der Waals surface area contributed by atoms with E-state index in [1.807, 2.05) is 0 Å². The lowest BCUT2D eigenvalue weighted by Gasteiger charge is -2.14. The summed E-state index contributed by atoms with van der Waals surface area (Å²) in [5, 5.41) is 16.6. The molecule has 1 aliphatic rings. The van der Waals surface area contributed by atoms with Crippen LogP contribution in [0.4, 0.5) is 0 Å². The minimum absolute atomic E-state index is 0.0139. The maximum absolute atomic E-state index is 11.1. The number of nitrogens with one attached hydrogen (secondary N) is 1. The summed E-state index contributed by atoms with van der Waals surface area (Å²) in [5.41, 5.74) is -0.886. The van der Waals surface area contributed by atoms with Crippen LogP contribution in [0.15, 0.2) is 11.3 Å². The van der Waals surface area contributed by atoms with Crippen molar-refractivity contribution in [1.82, 2.24) is 0 Å². The molecule has 1 fully saturated rings. The monoisotopic (exact) mass is 169 g/mol. The fourth-order valence-corrected chi connectivity index (χ4v) is 1.07. The fraction of sp³-hybridized carbons (Fsp3) is 0.500. The van der Waals surface area contributed by atoms with E-state index in [-0.39, 0.29) is 17.0 Å². The molecule has 0 saturated carbocycles. The van der Waals surface area contributed by atoms with E-state index in [0.717, 1.165) is 0 Å². The van der Waals surface area contributed by atoms with Gasteiger partial charge in [-0.05, 0) is 20.8 Å². The maximum Gasteiger partial charge on any atom is 0.344 e. The van der Waals surface area contributed by atoms with Gasteiger partial charge in [0.05, 0.1) is 5.71 Å². The summed E-state index contributed by atoms with van der Waals surface area (Å²) in [5.74, 6) is -0.777. The van der Waals surface area contributed by atoms with Crippen LogP contribution in [0.3, 0.4) is 0 Å². The van der Waals surface area contributed by atoms with Gasteiger partial charge in [-0.1, -0.05) is 0 Å². The van der Waals surface area contributed by atoms with Gasteiger partial charge >= 0.3 is 5.97 Å². The Labute approximate surface area is 70.4 Å². The first-order chi connectivity index (χ1) is 5.36. The molecule has 0 unspecified atom stereocenters. The Balaban J connectivity index is 3.19. The summed E-state index contributed by atoms with van der Waals surface area (Å²) >= 11 is 0. The first kappa shape index (κ1) is 8.77. The third-order valence-electron chi connectivity index (χ3n) is 1.77. The molecule has 1 rings (SSSR count). The van der Waals surface area contributed by atoms with Gasteiger partial charge in [-0.25, -0.2) is 4.79 Å². The highest BCUT2D eigenvalue weighted by molar-refractivity contribution is 6.26. The van der Waals surface area contributed by atoms with E-state index in [1.54, 1.807) is 13.8 Å². The van der Waals surface area contributed by atoms with Crippen molar-refractivity contribution in [3.8, 4) is 0 Å². The van der Waals surface area contributed by atoms with Crippen molar-refractivity contribution in [2.75, 3.05) is 0 Å². The zero-order valence-corrected chi connectivity index (χ0v) is 7.26. The van der Waals surface area contributed by atoms with E-state index in [0.29, 0.717) is 0 Å². The van der Waals surface area contributed by atoms with Crippen molar-refractivity contribution in [3.05, 3.63) is 11.3 Å². The van der Waals surface area contributed by atoms with Crippen molar-refractivity contribution < 1.29 is 14.6 Å².